The van der Waals surface area contributed by atoms with Crippen LogP contribution < -0.4 is 5.10 Å². The van der Waals surface area contributed by atoms with E-state index >= 15 is 0 Å². The Kier molecular flexibility index (Phi) is 23.1. The Hall–Kier alpha value is -4.83. The summed E-state index contributed by atoms with van der Waals surface area (Å²) in [5.41, 5.74) is 11.6. The van der Waals surface area contributed by atoms with Gasteiger partial charge < -0.3 is 10.2 Å². The third kappa shape index (κ3) is 17.1. The van der Waals surface area contributed by atoms with Crippen LogP contribution in [-0.2, 0) is 29.9 Å². The average Bonchev–Trinajstić information content (AvgIpc) is 4.05. The fourth-order valence-corrected chi connectivity index (χ4v) is 8.05. The number of alkyl halides is 3. The van der Waals surface area contributed by atoms with Crippen LogP contribution in [0, 0.1) is 0 Å². The summed E-state index contributed by atoms with van der Waals surface area (Å²) in [5.74, 6) is 0. The SMILES string of the molecule is CCC(=Cc1ccnc(-c2cc(C=C(CC)CC)cc(-c3cc(C=C(CC)CC)ccn3)n2)c1)CC.CCCCCCc1ccc(/C=C/c2ccnc(-c3cc(C(F)(F)F)n[n-]3)c2)s1.[Cl][Ru+]. The quantitative estimate of drug-likeness (QED) is 0.0594. The topological polar surface area (TPSA) is 78.6 Å². The molecule has 350 valence electrons. The molecule has 12 heteroatoms. The number of hydrogen-bond acceptors (Lipinski definition) is 6. The Balaban J connectivity index is 0.000000286. The van der Waals surface area contributed by atoms with E-state index in [1.165, 1.54) is 58.4 Å². The van der Waals surface area contributed by atoms with Gasteiger partial charge in [-0.3, -0.25) is 15.0 Å². The second kappa shape index (κ2) is 28.4. The summed E-state index contributed by atoms with van der Waals surface area (Å²) < 4.78 is 38.1. The first-order chi connectivity index (χ1) is 32.0. The maximum absolute atomic E-state index is 12.7. The number of aromatic nitrogens is 6. The number of pyridine rings is 4. The van der Waals surface area contributed by atoms with Crippen LogP contribution in [0.15, 0.2) is 102 Å². The van der Waals surface area contributed by atoms with E-state index in [1.54, 1.807) is 29.7 Å². The predicted octanol–water partition coefficient (Wildman–Crippen LogP) is 17.0. The van der Waals surface area contributed by atoms with Crippen molar-refractivity contribution >= 4 is 51.4 Å². The number of aryl methyl sites for hydroxylation is 1. The predicted molar refractivity (Wildman–Crippen MR) is 269 cm³/mol. The molecule has 6 nitrogen and oxygen atoms in total. The van der Waals surface area contributed by atoms with E-state index in [-0.39, 0.29) is 5.69 Å². The number of thiophene rings is 1. The molecule has 6 heterocycles. The standard InChI is InChI=1S/C33H41N3.C21H21F3N3S.ClH.Ru/c1-7-24(8-2)17-27-13-15-34-30(20-27)32-22-29(19-26(11-5)12-6)23-33(36-32)31-21-28(14-16-35-31)18-25(9-3)10-4;1-2-3-4-5-6-16-9-10-17(28-16)8-7-15-11-12-25-18(13-15)19-14-20(27-26-19)21(22,23)24;;/h13-23H,7-12H2,1-6H3;7-14H,2-6H2,1H3;1H;/q;-1;;+2/p-1/b;8-7+;;. The second-order valence-corrected chi connectivity index (χ2v) is 16.9. The van der Waals surface area contributed by atoms with Gasteiger partial charge in [0, 0.05) is 34.0 Å². The van der Waals surface area contributed by atoms with Crippen molar-refractivity contribution in [1.82, 2.24) is 30.1 Å². The number of halogens is 4. The van der Waals surface area contributed by atoms with E-state index in [2.05, 4.69) is 140 Å². The minimum atomic E-state index is -4.50. The van der Waals surface area contributed by atoms with E-state index in [0.717, 1.165) is 89.8 Å². The number of allylic oxidation sites excluding steroid dienone is 3. The molecule has 0 N–H and O–H groups in total. The molecule has 0 atom stereocenters. The number of unbranched alkanes of at least 4 members (excludes halogenated alkanes) is 3. The molecule has 0 fully saturated rings. The molecular formula is C54H62ClF3N6RuS. The van der Waals surface area contributed by atoms with Crippen molar-refractivity contribution in [3.8, 4) is 34.2 Å². The van der Waals surface area contributed by atoms with E-state index < -0.39 is 11.9 Å². The summed E-state index contributed by atoms with van der Waals surface area (Å²) in [4.78, 5) is 21.1. The van der Waals surface area contributed by atoms with Crippen LogP contribution in [0.1, 0.15) is 150 Å². The molecule has 0 saturated heterocycles. The molecule has 6 aromatic rings. The average molecular weight is 1020 g/mol. The molecule has 0 aliphatic heterocycles. The molecule has 0 aliphatic rings. The summed E-state index contributed by atoms with van der Waals surface area (Å²) in [5, 5.41) is 6.80. The van der Waals surface area contributed by atoms with Gasteiger partial charge in [-0.25, -0.2) is 4.98 Å². The molecule has 6 rings (SSSR count). The Morgan fingerprint density at radius 3 is 1.56 bits per heavy atom. The van der Waals surface area contributed by atoms with Gasteiger partial charge in [0.05, 0.1) is 22.8 Å². The fraction of sp³-hybridized carbons (Fsp3) is 0.352. The van der Waals surface area contributed by atoms with E-state index in [4.69, 9.17) is 15.0 Å². The zero-order valence-corrected chi connectivity index (χ0v) is 42.5. The van der Waals surface area contributed by atoms with Gasteiger partial charge in [0.25, 0.3) is 0 Å². The molecule has 0 amide bonds. The molecule has 0 aromatic carbocycles. The first-order valence-electron chi connectivity index (χ1n) is 23.0. The summed E-state index contributed by atoms with van der Waals surface area (Å²) in [6.07, 6.45) is 24.0. The monoisotopic (exact) mass is 1020 g/mol. The van der Waals surface area contributed by atoms with Crippen molar-refractivity contribution < 1.29 is 30.5 Å². The van der Waals surface area contributed by atoms with Crippen molar-refractivity contribution in [2.24, 2.45) is 0 Å². The Morgan fingerprint density at radius 2 is 1.06 bits per heavy atom. The normalized spacial score (nSPS) is 11.0. The van der Waals surface area contributed by atoms with Crippen LogP contribution in [0.2, 0.25) is 0 Å². The molecule has 0 spiro atoms. The van der Waals surface area contributed by atoms with Gasteiger partial charge in [0.2, 0.25) is 0 Å². The fourth-order valence-electron chi connectivity index (χ4n) is 7.09. The Labute approximate surface area is 408 Å². The molecule has 6 aromatic heterocycles. The molecule has 0 bridgehead atoms. The van der Waals surface area contributed by atoms with Gasteiger partial charge in [0.15, 0.2) is 0 Å². The van der Waals surface area contributed by atoms with Gasteiger partial charge >= 0.3 is 33.2 Å². The summed E-state index contributed by atoms with van der Waals surface area (Å²) in [6.45, 7) is 15.5. The minimum absolute atomic E-state index is 0.119. The third-order valence-electron chi connectivity index (χ3n) is 11.1. The van der Waals surface area contributed by atoms with Crippen LogP contribution in [0.25, 0.3) is 64.5 Å². The van der Waals surface area contributed by atoms with Gasteiger partial charge in [-0.1, -0.05) is 114 Å². The van der Waals surface area contributed by atoms with Crippen molar-refractivity contribution in [2.45, 2.75) is 125 Å². The molecule has 66 heavy (non-hydrogen) atoms. The van der Waals surface area contributed by atoms with Crippen molar-refractivity contribution in [1.29, 1.82) is 0 Å². The van der Waals surface area contributed by atoms with E-state index in [0.29, 0.717) is 5.69 Å². The number of nitrogens with zero attached hydrogens (tertiary/aromatic N) is 6. The Morgan fingerprint density at radius 1 is 0.576 bits per heavy atom. The maximum atomic E-state index is 12.7. The molecule has 0 aliphatic carbocycles. The van der Waals surface area contributed by atoms with Gasteiger partial charge in [-0.15, -0.1) is 11.3 Å². The first-order valence-corrected chi connectivity index (χ1v) is 26.0. The van der Waals surface area contributed by atoms with Crippen LogP contribution in [0.4, 0.5) is 13.2 Å². The molecule has 0 unspecified atom stereocenters. The van der Waals surface area contributed by atoms with Crippen molar-refractivity contribution in [3.05, 3.63) is 140 Å². The zero-order chi connectivity index (χ0) is 47.9. The van der Waals surface area contributed by atoms with Crippen molar-refractivity contribution in [3.63, 3.8) is 0 Å². The van der Waals surface area contributed by atoms with Gasteiger partial charge in [-0.2, -0.15) is 13.2 Å². The number of rotatable bonds is 19. The summed E-state index contributed by atoms with van der Waals surface area (Å²) in [6, 6.07) is 21.4. The van der Waals surface area contributed by atoms with E-state index in [1.807, 2.05) is 41.9 Å². The second-order valence-electron chi connectivity index (χ2n) is 15.7. The molecule has 0 saturated carbocycles. The van der Waals surface area contributed by atoms with Crippen LogP contribution in [0.5, 0.6) is 0 Å². The first kappa shape index (κ1) is 53.8. The summed E-state index contributed by atoms with van der Waals surface area (Å²) in [7, 11) is 4.57. The number of hydrogen-bond donors (Lipinski definition) is 0. The Bertz CT molecular complexity index is 2430. The summed E-state index contributed by atoms with van der Waals surface area (Å²) >= 11 is 3.59. The third-order valence-corrected chi connectivity index (χ3v) is 12.2. The van der Waals surface area contributed by atoms with Crippen LogP contribution >= 0.6 is 21.0 Å². The van der Waals surface area contributed by atoms with Crippen LogP contribution in [-0.4, -0.2) is 25.0 Å². The zero-order valence-electron chi connectivity index (χ0n) is 39.2. The van der Waals surface area contributed by atoms with Crippen molar-refractivity contribution in [2.75, 3.05) is 0 Å². The molecule has 0 radical (unpaired) electrons. The van der Waals surface area contributed by atoms with Gasteiger partial charge in [0.1, 0.15) is 5.69 Å². The molecular weight excluding hydrogens is 958 g/mol. The van der Waals surface area contributed by atoms with Crippen LogP contribution in [0.3, 0.4) is 0 Å². The van der Waals surface area contributed by atoms with E-state index in [9.17, 15) is 13.2 Å². The van der Waals surface area contributed by atoms with Gasteiger partial charge in [-0.05, 0) is 146 Å².